The molecule has 4 rings (SSSR count). The van der Waals surface area contributed by atoms with Gasteiger partial charge in [-0.1, -0.05) is 36.4 Å². The van der Waals surface area contributed by atoms with E-state index in [1.807, 2.05) is 39.1 Å². The first-order valence-electron chi connectivity index (χ1n) is 10.2. The molecule has 29 heavy (non-hydrogen) atoms. The van der Waals surface area contributed by atoms with E-state index in [1.54, 1.807) is 4.90 Å². The number of nitrogens with one attached hydrogen (secondary N) is 2. The molecule has 6 heteroatoms. The number of hydrogen-bond donors (Lipinski definition) is 2. The lowest BCUT2D eigenvalue weighted by Gasteiger charge is -2.31. The lowest BCUT2D eigenvalue weighted by molar-refractivity contribution is 0.0167. The fraction of sp³-hybridized carbons (Fsp3) is 0.391. The van der Waals surface area contributed by atoms with Crippen LogP contribution in [0.3, 0.4) is 0 Å². The summed E-state index contributed by atoms with van der Waals surface area (Å²) in [5.74, 6) is 0.772. The van der Waals surface area contributed by atoms with Crippen LogP contribution >= 0.6 is 0 Å². The van der Waals surface area contributed by atoms with Gasteiger partial charge < -0.3 is 15.0 Å². The van der Waals surface area contributed by atoms with Crippen molar-refractivity contribution >= 4 is 16.9 Å². The second-order valence-corrected chi connectivity index (χ2v) is 8.49. The Balaban J connectivity index is 1.62. The highest BCUT2D eigenvalue weighted by atomic mass is 16.6. The number of hydrogen-bond acceptors (Lipinski definition) is 4. The second kappa shape index (κ2) is 7.87. The van der Waals surface area contributed by atoms with Crippen LogP contribution in [0.15, 0.2) is 48.7 Å². The van der Waals surface area contributed by atoms with Gasteiger partial charge in [0, 0.05) is 18.7 Å². The minimum Gasteiger partial charge on any atom is -0.444 e. The summed E-state index contributed by atoms with van der Waals surface area (Å²) in [6.45, 7) is 7.82. The van der Waals surface area contributed by atoms with Gasteiger partial charge in [-0.25, -0.2) is 9.78 Å². The van der Waals surface area contributed by atoms with Crippen LogP contribution in [0.4, 0.5) is 4.79 Å². The van der Waals surface area contributed by atoms with Gasteiger partial charge in [0.1, 0.15) is 17.5 Å². The van der Waals surface area contributed by atoms with Crippen LogP contribution in [0.2, 0.25) is 0 Å². The van der Waals surface area contributed by atoms with Crippen molar-refractivity contribution in [1.29, 1.82) is 0 Å². The second-order valence-electron chi connectivity index (χ2n) is 8.49. The Kier molecular flexibility index (Phi) is 5.28. The van der Waals surface area contributed by atoms with E-state index in [0.29, 0.717) is 13.1 Å². The summed E-state index contributed by atoms with van der Waals surface area (Å²) in [6, 6.07) is 14.5. The topological polar surface area (TPSA) is 70.2 Å². The number of ether oxygens (including phenoxy) is 1. The van der Waals surface area contributed by atoms with Gasteiger partial charge in [0.2, 0.25) is 0 Å². The number of imidazole rings is 1. The number of amides is 1. The molecule has 0 aliphatic carbocycles. The smallest absolute Gasteiger partial charge is 0.410 e. The van der Waals surface area contributed by atoms with Gasteiger partial charge in [-0.2, -0.15) is 0 Å². The molecule has 0 bridgehead atoms. The van der Waals surface area contributed by atoms with E-state index in [4.69, 9.17) is 4.74 Å². The maximum absolute atomic E-state index is 12.8. The van der Waals surface area contributed by atoms with Crippen LogP contribution in [-0.4, -0.2) is 46.2 Å². The van der Waals surface area contributed by atoms with E-state index in [9.17, 15) is 4.79 Å². The molecule has 152 valence electrons. The van der Waals surface area contributed by atoms with Crippen LogP contribution < -0.4 is 5.32 Å². The van der Waals surface area contributed by atoms with Crippen molar-refractivity contribution in [1.82, 2.24) is 20.2 Å². The molecule has 0 saturated carbocycles. The molecule has 1 aromatic heterocycles. The molecular weight excluding hydrogens is 364 g/mol. The third-order valence-corrected chi connectivity index (χ3v) is 5.07. The van der Waals surface area contributed by atoms with Crippen molar-refractivity contribution in [2.24, 2.45) is 0 Å². The molecule has 2 heterocycles. The van der Waals surface area contributed by atoms with E-state index in [-0.39, 0.29) is 12.1 Å². The van der Waals surface area contributed by atoms with Crippen molar-refractivity contribution in [3.63, 3.8) is 0 Å². The summed E-state index contributed by atoms with van der Waals surface area (Å²) in [4.78, 5) is 22.7. The first-order valence-corrected chi connectivity index (χ1v) is 10.2. The van der Waals surface area contributed by atoms with Gasteiger partial charge in [0.25, 0.3) is 0 Å². The highest BCUT2D eigenvalue weighted by Gasteiger charge is 2.32. The van der Waals surface area contributed by atoms with Crippen molar-refractivity contribution in [3.05, 3.63) is 54.5 Å². The van der Waals surface area contributed by atoms with E-state index in [2.05, 4.69) is 45.6 Å². The quantitative estimate of drug-likeness (QED) is 0.674. The fourth-order valence-corrected chi connectivity index (χ4v) is 3.67. The van der Waals surface area contributed by atoms with Crippen molar-refractivity contribution in [3.8, 4) is 11.3 Å². The summed E-state index contributed by atoms with van der Waals surface area (Å²) >= 11 is 0. The summed E-state index contributed by atoms with van der Waals surface area (Å²) in [5.41, 5.74) is 1.49. The maximum atomic E-state index is 12.8. The number of aromatic nitrogens is 2. The van der Waals surface area contributed by atoms with E-state index in [0.717, 1.165) is 30.0 Å². The molecule has 1 saturated heterocycles. The first kappa shape index (κ1) is 19.5. The summed E-state index contributed by atoms with van der Waals surface area (Å²) < 4.78 is 5.64. The fourth-order valence-electron chi connectivity index (χ4n) is 3.67. The van der Waals surface area contributed by atoms with Crippen LogP contribution in [0, 0.1) is 0 Å². The number of nitrogens with zero attached hydrogens (tertiary/aromatic N) is 2. The molecular formula is C23H28N4O2. The minimum absolute atomic E-state index is 0.193. The van der Waals surface area contributed by atoms with Gasteiger partial charge in [0.15, 0.2) is 0 Å². The number of carbonyl (C=O) groups excluding carboxylic acids is 1. The van der Waals surface area contributed by atoms with Gasteiger partial charge in [0.05, 0.1) is 11.9 Å². The maximum Gasteiger partial charge on any atom is 0.410 e. The van der Waals surface area contributed by atoms with Crippen molar-refractivity contribution < 1.29 is 9.53 Å². The molecule has 6 nitrogen and oxygen atoms in total. The average Bonchev–Trinajstić information content (AvgIpc) is 3.04. The largest absolute Gasteiger partial charge is 0.444 e. The number of aromatic amines is 1. The molecule has 2 aromatic carbocycles. The first-order chi connectivity index (χ1) is 13.9. The Morgan fingerprint density at radius 1 is 1.17 bits per heavy atom. The van der Waals surface area contributed by atoms with E-state index in [1.165, 1.54) is 10.8 Å². The van der Waals surface area contributed by atoms with E-state index < -0.39 is 5.60 Å². The van der Waals surface area contributed by atoms with Crippen molar-refractivity contribution in [2.45, 2.75) is 38.8 Å². The summed E-state index contributed by atoms with van der Waals surface area (Å²) in [7, 11) is 0. The Bertz CT molecular complexity index is 1010. The molecule has 1 atom stereocenters. The molecule has 3 aromatic rings. The lowest BCUT2D eigenvalue weighted by Crippen LogP contribution is -2.41. The van der Waals surface area contributed by atoms with Gasteiger partial charge in [-0.05, 0) is 50.6 Å². The standard InChI is InChI=1S/C23H28N4O2/c1-23(2,3)29-22(28)27-12-6-11-24-15-20(27)21-25-14-19(26-21)18-10-9-16-7-4-5-8-17(16)13-18/h4-5,7-10,13-14,20,24H,6,11-12,15H2,1-3H3,(H,25,26). The SMILES string of the molecule is CC(C)(C)OC(=O)N1CCCNCC1c1ncc(-c2ccc3ccccc3c2)[nH]1. The third kappa shape index (κ3) is 4.43. The van der Waals surface area contributed by atoms with Gasteiger partial charge in [-0.3, -0.25) is 4.90 Å². The zero-order valence-electron chi connectivity index (χ0n) is 17.2. The zero-order valence-corrected chi connectivity index (χ0v) is 17.2. The lowest BCUT2D eigenvalue weighted by atomic mass is 10.1. The number of rotatable bonds is 2. The highest BCUT2D eigenvalue weighted by Crippen LogP contribution is 2.27. The zero-order chi connectivity index (χ0) is 20.4. The normalized spacial score (nSPS) is 17.9. The molecule has 1 unspecified atom stereocenters. The molecule has 2 N–H and O–H groups in total. The molecule has 1 fully saturated rings. The van der Waals surface area contributed by atoms with Crippen LogP contribution in [0.5, 0.6) is 0 Å². The molecule has 1 aliphatic rings. The highest BCUT2D eigenvalue weighted by molar-refractivity contribution is 5.86. The predicted molar refractivity (Wildman–Crippen MR) is 115 cm³/mol. The Morgan fingerprint density at radius 2 is 1.97 bits per heavy atom. The van der Waals surface area contributed by atoms with Crippen LogP contribution in [0.1, 0.15) is 39.1 Å². The summed E-state index contributed by atoms with van der Waals surface area (Å²) in [6.07, 6.45) is 2.43. The number of fused-ring (bicyclic) bond motifs is 1. The average molecular weight is 393 g/mol. The summed E-state index contributed by atoms with van der Waals surface area (Å²) in [5, 5.41) is 5.80. The molecule has 1 aliphatic heterocycles. The van der Waals surface area contributed by atoms with Crippen LogP contribution in [-0.2, 0) is 4.74 Å². The number of carbonyl (C=O) groups is 1. The van der Waals surface area contributed by atoms with Crippen LogP contribution in [0.25, 0.3) is 22.0 Å². The number of benzene rings is 2. The Hall–Kier alpha value is -2.86. The van der Waals surface area contributed by atoms with E-state index >= 15 is 0 Å². The molecule has 1 amide bonds. The monoisotopic (exact) mass is 392 g/mol. The molecule has 0 radical (unpaired) electrons. The van der Waals surface area contributed by atoms with Gasteiger partial charge in [-0.15, -0.1) is 0 Å². The number of H-pyrrole nitrogens is 1. The third-order valence-electron chi connectivity index (χ3n) is 5.07. The van der Waals surface area contributed by atoms with Crippen molar-refractivity contribution in [2.75, 3.05) is 19.6 Å². The predicted octanol–water partition coefficient (Wildman–Crippen LogP) is 4.50. The van der Waals surface area contributed by atoms with Gasteiger partial charge >= 0.3 is 6.09 Å². The minimum atomic E-state index is -0.527. The Morgan fingerprint density at radius 3 is 2.76 bits per heavy atom. The Labute approximate surface area is 171 Å². The molecule has 0 spiro atoms.